The van der Waals surface area contributed by atoms with Gasteiger partial charge >= 0.3 is 0 Å². The number of nitrogens with zero attached hydrogens (tertiary/aromatic N) is 4. The van der Waals surface area contributed by atoms with Gasteiger partial charge in [0.25, 0.3) is 5.91 Å². The van der Waals surface area contributed by atoms with Gasteiger partial charge in [-0.1, -0.05) is 6.07 Å². The number of aryl methyl sites for hydroxylation is 2. The van der Waals surface area contributed by atoms with E-state index in [-0.39, 0.29) is 19.1 Å². The first-order chi connectivity index (χ1) is 16.4. The van der Waals surface area contributed by atoms with Crippen LogP contribution in [0.3, 0.4) is 0 Å². The maximum atomic E-state index is 12.2. The number of nitrogens with one attached hydrogen (secondary N) is 1. The van der Waals surface area contributed by atoms with Crippen LogP contribution in [0.2, 0.25) is 0 Å². The number of amides is 1. The lowest BCUT2D eigenvalue weighted by Crippen LogP contribution is -2.32. The van der Waals surface area contributed by atoms with Crippen molar-refractivity contribution >= 4 is 11.6 Å². The van der Waals surface area contributed by atoms with Crippen LogP contribution >= 0.6 is 0 Å². The third-order valence-electron chi connectivity index (χ3n) is 5.38. The zero-order valence-electron chi connectivity index (χ0n) is 19.7. The number of benzene rings is 2. The maximum Gasteiger partial charge on any atom is 0.258 e. The first-order valence-corrected chi connectivity index (χ1v) is 10.9. The number of hydrogen-bond donors (Lipinski definition) is 1. The molecule has 0 aliphatic heterocycles. The molecule has 2 aromatic heterocycles. The summed E-state index contributed by atoms with van der Waals surface area (Å²) in [6, 6.07) is 15.0. The molecule has 0 fully saturated rings. The molecular formula is C25H27N5O4. The second-order valence-electron chi connectivity index (χ2n) is 7.89. The second-order valence-corrected chi connectivity index (χ2v) is 7.89. The molecule has 2 heterocycles. The summed E-state index contributed by atoms with van der Waals surface area (Å²) in [7, 11) is 1.62. The number of carbonyl (C=O) groups excluding carboxylic acids is 1. The smallest absolute Gasteiger partial charge is 0.258 e. The molecule has 4 rings (SSSR count). The molecule has 0 aliphatic carbocycles. The van der Waals surface area contributed by atoms with Crippen LogP contribution in [0.4, 0.5) is 0 Å². The van der Waals surface area contributed by atoms with Gasteiger partial charge < -0.3 is 19.5 Å². The van der Waals surface area contributed by atoms with Crippen molar-refractivity contribution in [1.82, 2.24) is 25.1 Å². The van der Waals surface area contributed by atoms with E-state index in [0.717, 1.165) is 33.8 Å². The summed E-state index contributed by atoms with van der Waals surface area (Å²) in [5.41, 5.74) is 4.72. The van der Waals surface area contributed by atoms with E-state index in [1.807, 2.05) is 51.1 Å². The van der Waals surface area contributed by atoms with Gasteiger partial charge in [-0.15, -0.1) is 15.3 Å². The Kier molecular flexibility index (Phi) is 6.91. The summed E-state index contributed by atoms with van der Waals surface area (Å²) < 4.78 is 18.2. The van der Waals surface area contributed by atoms with Gasteiger partial charge in [0.2, 0.25) is 5.88 Å². The third kappa shape index (κ3) is 5.25. The van der Waals surface area contributed by atoms with Crippen molar-refractivity contribution in [2.45, 2.75) is 20.8 Å². The average molecular weight is 462 g/mol. The first-order valence-electron chi connectivity index (χ1n) is 10.9. The summed E-state index contributed by atoms with van der Waals surface area (Å²) >= 11 is 0. The van der Waals surface area contributed by atoms with E-state index in [0.29, 0.717) is 23.9 Å². The van der Waals surface area contributed by atoms with E-state index in [1.54, 1.807) is 23.8 Å². The van der Waals surface area contributed by atoms with Crippen molar-refractivity contribution < 1.29 is 19.0 Å². The predicted octanol–water partition coefficient (Wildman–Crippen LogP) is 3.30. The van der Waals surface area contributed by atoms with E-state index in [1.165, 1.54) is 0 Å². The van der Waals surface area contributed by atoms with Crippen LogP contribution in [0.15, 0.2) is 48.5 Å². The summed E-state index contributed by atoms with van der Waals surface area (Å²) in [5.74, 6) is 2.26. The highest BCUT2D eigenvalue weighted by molar-refractivity contribution is 5.77. The summed E-state index contributed by atoms with van der Waals surface area (Å²) in [6.07, 6.45) is 0. The minimum atomic E-state index is -0.217. The summed E-state index contributed by atoms with van der Waals surface area (Å²) in [5, 5.41) is 15.6. The van der Waals surface area contributed by atoms with Crippen LogP contribution < -0.4 is 19.5 Å². The van der Waals surface area contributed by atoms with Crippen LogP contribution in [0.1, 0.15) is 16.7 Å². The minimum Gasteiger partial charge on any atom is -0.497 e. The number of fused-ring (bicyclic) bond motifs is 1. The van der Waals surface area contributed by atoms with Crippen LogP contribution in [0.25, 0.3) is 17.0 Å². The zero-order valence-corrected chi connectivity index (χ0v) is 19.7. The van der Waals surface area contributed by atoms with Crippen molar-refractivity contribution in [2.75, 3.05) is 26.9 Å². The Bertz CT molecular complexity index is 1300. The van der Waals surface area contributed by atoms with E-state index < -0.39 is 0 Å². The molecule has 0 saturated carbocycles. The topological polar surface area (TPSA) is 99.9 Å². The van der Waals surface area contributed by atoms with Crippen molar-refractivity contribution in [1.29, 1.82) is 0 Å². The van der Waals surface area contributed by atoms with Gasteiger partial charge in [0, 0.05) is 11.6 Å². The maximum absolute atomic E-state index is 12.2. The molecule has 34 heavy (non-hydrogen) atoms. The molecule has 0 bridgehead atoms. The number of ether oxygens (including phenoxy) is 3. The molecule has 0 spiro atoms. The van der Waals surface area contributed by atoms with Gasteiger partial charge in [-0.2, -0.15) is 4.52 Å². The van der Waals surface area contributed by atoms with Gasteiger partial charge in [0.1, 0.15) is 18.1 Å². The molecule has 0 atom stereocenters. The molecular weight excluding hydrogens is 434 g/mol. The van der Waals surface area contributed by atoms with E-state index in [9.17, 15) is 4.79 Å². The highest BCUT2D eigenvalue weighted by atomic mass is 16.5. The largest absolute Gasteiger partial charge is 0.497 e. The predicted molar refractivity (Wildman–Crippen MR) is 127 cm³/mol. The van der Waals surface area contributed by atoms with Crippen molar-refractivity contribution in [2.24, 2.45) is 0 Å². The highest BCUT2D eigenvalue weighted by Crippen LogP contribution is 2.23. The fraction of sp³-hybridized carbons (Fsp3) is 0.280. The lowest BCUT2D eigenvalue weighted by molar-refractivity contribution is -0.123. The SMILES string of the molecule is COc1ccc(-c2nnc3ccc(OCCNC(=O)COc4cc(C)cc(C)c4C)nn23)cc1. The molecule has 176 valence electrons. The van der Waals surface area contributed by atoms with Crippen LogP contribution in [0.5, 0.6) is 17.4 Å². The Labute approximate surface area is 197 Å². The van der Waals surface area contributed by atoms with Gasteiger partial charge in [-0.25, -0.2) is 0 Å². The van der Waals surface area contributed by atoms with Gasteiger partial charge in [-0.05, 0) is 73.9 Å². The molecule has 1 amide bonds. The Morgan fingerprint density at radius 2 is 1.79 bits per heavy atom. The standard InChI is InChI=1S/C25H27N5O4/c1-16-13-17(2)18(3)21(14-16)34-15-23(31)26-11-12-33-24-10-9-22-27-28-25(30(22)29-24)19-5-7-20(32-4)8-6-19/h5-10,13-14H,11-12,15H2,1-4H3,(H,26,31). The first kappa shape index (κ1) is 23.0. The fourth-order valence-electron chi connectivity index (χ4n) is 3.46. The molecule has 1 N–H and O–H groups in total. The van der Waals surface area contributed by atoms with Gasteiger partial charge in [0.05, 0.1) is 13.7 Å². The average Bonchev–Trinajstić information content (AvgIpc) is 3.26. The fourth-order valence-corrected chi connectivity index (χ4v) is 3.46. The summed E-state index contributed by atoms with van der Waals surface area (Å²) in [4.78, 5) is 12.2. The van der Waals surface area contributed by atoms with Gasteiger partial charge in [0.15, 0.2) is 18.1 Å². The summed E-state index contributed by atoms with van der Waals surface area (Å²) in [6.45, 7) is 6.53. The molecule has 0 unspecified atom stereocenters. The Morgan fingerprint density at radius 1 is 1.00 bits per heavy atom. The van der Waals surface area contributed by atoms with E-state index in [2.05, 4.69) is 26.7 Å². The van der Waals surface area contributed by atoms with Gasteiger partial charge in [-0.3, -0.25) is 4.79 Å². The lowest BCUT2D eigenvalue weighted by atomic mass is 10.1. The number of aromatic nitrogens is 4. The normalized spacial score (nSPS) is 10.8. The van der Waals surface area contributed by atoms with Crippen molar-refractivity contribution in [3.05, 3.63) is 65.2 Å². The number of carbonyl (C=O) groups is 1. The van der Waals surface area contributed by atoms with Crippen molar-refractivity contribution in [3.63, 3.8) is 0 Å². The molecule has 4 aromatic rings. The quantitative estimate of drug-likeness (QED) is 0.382. The van der Waals surface area contributed by atoms with Crippen LogP contribution in [0, 0.1) is 20.8 Å². The molecule has 2 aromatic carbocycles. The lowest BCUT2D eigenvalue weighted by Gasteiger charge is -2.12. The monoisotopic (exact) mass is 461 g/mol. The van der Waals surface area contributed by atoms with Crippen LogP contribution in [-0.2, 0) is 4.79 Å². The second kappa shape index (κ2) is 10.2. The molecule has 0 radical (unpaired) electrons. The Balaban J connectivity index is 1.30. The minimum absolute atomic E-state index is 0.0557. The number of methoxy groups -OCH3 is 1. The third-order valence-corrected chi connectivity index (χ3v) is 5.38. The Hall–Kier alpha value is -4.14. The van der Waals surface area contributed by atoms with E-state index >= 15 is 0 Å². The Morgan fingerprint density at radius 3 is 2.56 bits per heavy atom. The van der Waals surface area contributed by atoms with Crippen LogP contribution in [-0.4, -0.2) is 52.6 Å². The highest BCUT2D eigenvalue weighted by Gasteiger charge is 2.11. The number of hydrogen-bond acceptors (Lipinski definition) is 7. The molecule has 0 aliphatic rings. The van der Waals surface area contributed by atoms with Crippen molar-refractivity contribution in [3.8, 4) is 28.8 Å². The molecule has 9 heteroatoms. The molecule has 9 nitrogen and oxygen atoms in total. The molecule has 0 saturated heterocycles. The van der Waals surface area contributed by atoms with E-state index in [4.69, 9.17) is 14.2 Å². The number of rotatable bonds is 9. The zero-order chi connectivity index (χ0) is 24.1.